The summed E-state index contributed by atoms with van der Waals surface area (Å²) < 4.78 is 12.2. The number of hydrogen-bond acceptors (Lipinski definition) is 10. The van der Waals surface area contributed by atoms with Crippen LogP contribution in [0, 0.1) is 0 Å². The van der Waals surface area contributed by atoms with Gasteiger partial charge in [0.25, 0.3) is 0 Å². The van der Waals surface area contributed by atoms with Gasteiger partial charge in [-0.2, -0.15) is 0 Å². The van der Waals surface area contributed by atoms with Crippen LogP contribution in [0.4, 0.5) is 5.82 Å². The molecule has 1 fully saturated rings. The zero-order valence-electron chi connectivity index (χ0n) is 15.3. The molecule has 4 atom stereocenters. The standard InChI is InChI=1S/C16H25N5O5S/c1-3-6-27-16-19-13(17-4-5-25-2)10-14(20-16)21(8-18-10)15-12(24)11(23)9(7-22)26-15/h8-9,11-12,15,22-24H,3-7H2,1-2H3,(H,17,19,20)/t9-,11-,12-,15-/m1/s1. The molecule has 2 aromatic heterocycles. The highest BCUT2D eigenvalue weighted by molar-refractivity contribution is 7.99. The van der Waals surface area contributed by atoms with E-state index in [1.165, 1.54) is 18.1 Å². The van der Waals surface area contributed by atoms with Crippen LogP contribution in [0.25, 0.3) is 11.2 Å². The number of aliphatic hydroxyl groups excluding tert-OH is 3. The van der Waals surface area contributed by atoms with Crippen molar-refractivity contribution < 1.29 is 24.8 Å². The summed E-state index contributed by atoms with van der Waals surface area (Å²) in [4.78, 5) is 13.5. The Labute approximate surface area is 160 Å². The molecule has 3 heterocycles. The number of ether oxygens (including phenoxy) is 2. The predicted octanol–water partition coefficient (Wildman–Crippen LogP) is -0.00180. The second-order valence-electron chi connectivity index (χ2n) is 6.18. The molecule has 0 saturated carbocycles. The van der Waals surface area contributed by atoms with Crippen LogP contribution in [0.2, 0.25) is 0 Å². The Morgan fingerprint density at radius 3 is 2.81 bits per heavy atom. The van der Waals surface area contributed by atoms with E-state index >= 15 is 0 Å². The highest BCUT2D eigenvalue weighted by atomic mass is 32.2. The number of methoxy groups -OCH3 is 1. The normalized spacial score (nSPS) is 25.4. The first-order chi connectivity index (χ1) is 13.1. The number of thioether (sulfide) groups is 1. The summed E-state index contributed by atoms with van der Waals surface area (Å²) in [6, 6.07) is 0. The number of imidazole rings is 1. The Bertz CT molecular complexity index is 760. The van der Waals surface area contributed by atoms with Crippen LogP contribution in [0.5, 0.6) is 0 Å². The number of nitrogens with one attached hydrogen (secondary N) is 1. The lowest BCUT2D eigenvalue weighted by molar-refractivity contribution is -0.0511. The topological polar surface area (TPSA) is 135 Å². The molecular formula is C16H25N5O5S. The first kappa shape index (κ1) is 20.2. The highest BCUT2D eigenvalue weighted by Crippen LogP contribution is 2.33. The molecule has 0 spiro atoms. The van der Waals surface area contributed by atoms with Crippen LogP contribution in [0.3, 0.4) is 0 Å². The van der Waals surface area contributed by atoms with Crippen LogP contribution in [0.1, 0.15) is 19.6 Å². The van der Waals surface area contributed by atoms with Crippen LogP contribution >= 0.6 is 11.8 Å². The van der Waals surface area contributed by atoms with E-state index in [2.05, 4.69) is 27.2 Å². The number of aromatic nitrogens is 4. The SMILES string of the molecule is CCCSc1nc(NCCOC)c2ncn([C@@H]3O[C@H](CO)[C@@H](O)[C@H]3O)c2n1. The van der Waals surface area contributed by atoms with Crippen LogP contribution in [-0.4, -0.2) is 85.8 Å². The summed E-state index contributed by atoms with van der Waals surface area (Å²) in [6.45, 7) is 2.75. The lowest BCUT2D eigenvalue weighted by Crippen LogP contribution is -2.33. The van der Waals surface area contributed by atoms with Gasteiger partial charge in [-0.3, -0.25) is 4.57 Å². The molecule has 2 aromatic rings. The van der Waals surface area contributed by atoms with Crippen LogP contribution < -0.4 is 5.32 Å². The van der Waals surface area contributed by atoms with Gasteiger partial charge in [-0.25, -0.2) is 15.0 Å². The van der Waals surface area contributed by atoms with Crippen LogP contribution in [-0.2, 0) is 9.47 Å². The number of anilines is 1. The van der Waals surface area contributed by atoms with Gasteiger partial charge in [-0.15, -0.1) is 0 Å². The van der Waals surface area contributed by atoms with Crippen molar-refractivity contribution in [3.05, 3.63) is 6.33 Å². The zero-order chi connectivity index (χ0) is 19.4. The number of fused-ring (bicyclic) bond motifs is 1. The van der Waals surface area contributed by atoms with E-state index < -0.39 is 31.1 Å². The average Bonchev–Trinajstić information content (AvgIpc) is 3.21. The van der Waals surface area contributed by atoms with Crippen molar-refractivity contribution in [2.45, 2.75) is 43.0 Å². The second kappa shape index (κ2) is 9.13. The fraction of sp³-hybridized carbons (Fsp3) is 0.688. The van der Waals surface area contributed by atoms with E-state index in [9.17, 15) is 15.3 Å². The molecule has 0 aromatic carbocycles. The van der Waals surface area contributed by atoms with E-state index in [4.69, 9.17) is 9.47 Å². The summed E-state index contributed by atoms with van der Waals surface area (Å²) >= 11 is 1.52. The van der Waals surface area contributed by atoms with E-state index in [1.807, 2.05) is 0 Å². The van der Waals surface area contributed by atoms with Gasteiger partial charge in [0.05, 0.1) is 19.5 Å². The largest absolute Gasteiger partial charge is 0.394 e. The quantitative estimate of drug-likeness (QED) is 0.259. The molecule has 150 valence electrons. The van der Waals surface area contributed by atoms with Gasteiger partial charge < -0.3 is 30.1 Å². The van der Waals surface area contributed by atoms with Crippen molar-refractivity contribution in [1.82, 2.24) is 19.5 Å². The fourth-order valence-corrected chi connectivity index (χ4v) is 3.54. The Kier molecular flexibility index (Phi) is 6.84. The lowest BCUT2D eigenvalue weighted by Gasteiger charge is -2.17. The molecule has 10 nitrogen and oxygen atoms in total. The number of nitrogens with zero attached hydrogens (tertiary/aromatic N) is 4. The smallest absolute Gasteiger partial charge is 0.191 e. The van der Waals surface area contributed by atoms with Crippen molar-refractivity contribution in [1.29, 1.82) is 0 Å². The predicted molar refractivity (Wildman–Crippen MR) is 99.7 cm³/mol. The van der Waals surface area contributed by atoms with E-state index in [0.717, 1.165) is 12.2 Å². The Hall–Kier alpha value is -1.50. The maximum absolute atomic E-state index is 10.3. The number of aliphatic hydroxyl groups is 3. The molecular weight excluding hydrogens is 374 g/mol. The lowest BCUT2D eigenvalue weighted by atomic mass is 10.1. The molecule has 0 unspecified atom stereocenters. The molecule has 0 bridgehead atoms. The van der Waals surface area contributed by atoms with E-state index in [1.54, 1.807) is 11.7 Å². The van der Waals surface area contributed by atoms with Crippen molar-refractivity contribution in [3.63, 3.8) is 0 Å². The Balaban J connectivity index is 1.98. The minimum Gasteiger partial charge on any atom is -0.394 e. The summed E-state index contributed by atoms with van der Waals surface area (Å²) in [5, 5.41) is 33.5. The molecule has 1 saturated heterocycles. The van der Waals surface area contributed by atoms with Gasteiger partial charge in [0, 0.05) is 19.4 Å². The Morgan fingerprint density at radius 1 is 1.33 bits per heavy atom. The van der Waals surface area contributed by atoms with Gasteiger partial charge in [0.2, 0.25) is 0 Å². The highest BCUT2D eigenvalue weighted by Gasteiger charge is 2.44. The monoisotopic (exact) mass is 399 g/mol. The average molecular weight is 399 g/mol. The molecule has 11 heteroatoms. The second-order valence-corrected chi connectivity index (χ2v) is 7.24. The minimum atomic E-state index is -1.20. The van der Waals surface area contributed by atoms with E-state index in [-0.39, 0.29) is 0 Å². The first-order valence-corrected chi connectivity index (χ1v) is 9.81. The molecule has 0 amide bonds. The zero-order valence-corrected chi connectivity index (χ0v) is 16.1. The van der Waals surface area contributed by atoms with Gasteiger partial charge >= 0.3 is 0 Å². The summed E-state index contributed by atoms with van der Waals surface area (Å²) in [7, 11) is 1.62. The minimum absolute atomic E-state index is 0.391. The fourth-order valence-electron chi connectivity index (χ4n) is 2.85. The molecule has 4 N–H and O–H groups in total. The maximum atomic E-state index is 10.3. The van der Waals surface area contributed by atoms with Gasteiger partial charge in [0.1, 0.15) is 18.3 Å². The van der Waals surface area contributed by atoms with Gasteiger partial charge in [0.15, 0.2) is 28.4 Å². The van der Waals surface area contributed by atoms with Gasteiger partial charge in [-0.05, 0) is 6.42 Å². The summed E-state index contributed by atoms with van der Waals surface area (Å²) in [5.41, 5.74) is 1.02. The van der Waals surface area contributed by atoms with Crippen molar-refractivity contribution in [2.75, 3.05) is 37.9 Å². The first-order valence-electron chi connectivity index (χ1n) is 8.83. The van der Waals surface area contributed by atoms with E-state index in [0.29, 0.717) is 35.3 Å². The third kappa shape index (κ3) is 4.18. The third-order valence-electron chi connectivity index (χ3n) is 4.23. The molecule has 1 aliphatic heterocycles. The molecule has 3 rings (SSSR count). The van der Waals surface area contributed by atoms with Crippen molar-refractivity contribution in [2.24, 2.45) is 0 Å². The molecule has 27 heavy (non-hydrogen) atoms. The Morgan fingerprint density at radius 2 is 2.15 bits per heavy atom. The molecule has 1 aliphatic rings. The summed E-state index contributed by atoms with van der Waals surface area (Å²) in [5.74, 6) is 1.44. The molecule has 0 radical (unpaired) electrons. The van der Waals surface area contributed by atoms with Crippen LogP contribution in [0.15, 0.2) is 11.5 Å². The third-order valence-corrected chi connectivity index (χ3v) is 5.28. The molecule has 0 aliphatic carbocycles. The van der Waals surface area contributed by atoms with Gasteiger partial charge in [-0.1, -0.05) is 18.7 Å². The number of rotatable bonds is 9. The van der Waals surface area contributed by atoms with Crippen molar-refractivity contribution in [3.8, 4) is 0 Å². The maximum Gasteiger partial charge on any atom is 0.191 e. The van der Waals surface area contributed by atoms with Crippen molar-refractivity contribution >= 4 is 28.7 Å². The summed E-state index contributed by atoms with van der Waals surface area (Å²) in [6.07, 6.45) is -1.67. The number of hydrogen-bond donors (Lipinski definition) is 4.